The molecule has 1 aliphatic heterocycles. The minimum absolute atomic E-state index is 0.303. The van der Waals surface area contributed by atoms with Gasteiger partial charge in [0.15, 0.2) is 0 Å². The van der Waals surface area contributed by atoms with Crippen LogP contribution in [0.2, 0.25) is 0 Å². The number of likely N-dealkylation sites (tertiary alicyclic amines) is 1. The van der Waals surface area contributed by atoms with E-state index in [1.54, 1.807) is 0 Å². The Kier molecular flexibility index (Phi) is 2.71. The number of halogens is 2. The summed E-state index contributed by atoms with van der Waals surface area (Å²) in [5.41, 5.74) is -0.575. The van der Waals surface area contributed by atoms with E-state index in [1.165, 1.54) is 0 Å². The van der Waals surface area contributed by atoms with Crippen molar-refractivity contribution in [1.82, 2.24) is 4.90 Å². The first-order chi connectivity index (χ1) is 5.65. The maximum absolute atomic E-state index is 12.3. The molecule has 1 saturated heterocycles. The molecule has 0 bridgehead atoms. The van der Waals surface area contributed by atoms with Crippen LogP contribution in [-0.2, 0) is 0 Å². The number of alkyl halides is 2. The highest BCUT2D eigenvalue weighted by Crippen LogP contribution is 2.60. The van der Waals surface area contributed by atoms with Gasteiger partial charge in [0.05, 0.1) is 0 Å². The van der Waals surface area contributed by atoms with Crippen molar-refractivity contribution in [2.24, 2.45) is 11.3 Å². The van der Waals surface area contributed by atoms with Crippen LogP contribution < -0.4 is 0 Å². The Morgan fingerprint density at radius 1 is 1.42 bits per heavy atom. The molecule has 3 heteroatoms. The summed E-state index contributed by atoms with van der Waals surface area (Å²) < 4.78 is 24.6. The van der Waals surface area contributed by atoms with Crippen molar-refractivity contribution in [3.8, 4) is 0 Å². The predicted molar refractivity (Wildman–Crippen MR) is 45.4 cm³/mol. The van der Waals surface area contributed by atoms with E-state index < -0.39 is 11.8 Å². The molecule has 0 aromatic heterocycles. The lowest BCUT2D eigenvalue weighted by atomic mass is 10.1. The van der Waals surface area contributed by atoms with Crippen molar-refractivity contribution in [1.29, 1.82) is 0 Å². The summed E-state index contributed by atoms with van der Waals surface area (Å²) >= 11 is 0. The van der Waals surface area contributed by atoms with Crippen LogP contribution in [0, 0.1) is 11.3 Å². The van der Waals surface area contributed by atoms with Gasteiger partial charge in [-0.1, -0.05) is 13.8 Å². The van der Waals surface area contributed by atoms with E-state index in [-0.39, 0.29) is 0 Å². The molecule has 0 spiro atoms. The molecule has 2 unspecified atom stereocenters. The fraction of sp³-hybridized carbons (Fsp3) is 1.00. The summed E-state index contributed by atoms with van der Waals surface area (Å²) in [5, 5.41) is 0. The van der Waals surface area contributed by atoms with Crippen LogP contribution in [0.4, 0.5) is 8.78 Å². The summed E-state index contributed by atoms with van der Waals surface area (Å²) in [6.45, 7) is 5.49. The zero-order valence-electron chi connectivity index (χ0n) is 7.98. The first-order valence-corrected chi connectivity index (χ1v) is 4.62. The van der Waals surface area contributed by atoms with Crippen molar-refractivity contribution in [2.45, 2.75) is 26.7 Å². The second kappa shape index (κ2) is 3.29. The highest BCUT2D eigenvalue weighted by atomic mass is 19.3. The number of nitrogens with zero attached hydrogens (tertiary/aromatic N) is 1. The van der Waals surface area contributed by atoms with Crippen LogP contribution in [0.5, 0.6) is 0 Å². The van der Waals surface area contributed by atoms with Gasteiger partial charge in [0.1, 0.15) is 0 Å². The van der Waals surface area contributed by atoms with E-state index in [0.29, 0.717) is 12.5 Å². The van der Waals surface area contributed by atoms with Crippen molar-refractivity contribution in [3.63, 3.8) is 0 Å². The molecule has 2 aliphatic rings. The van der Waals surface area contributed by atoms with Gasteiger partial charge in [-0.15, -0.1) is 0 Å². The molecular formula is C9H17F2N. The molecular weight excluding hydrogens is 160 g/mol. The number of hydrogen-bond acceptors (Lipinski definition) is 1. The van der Waals surface area contributed by atoms with Gasteiger partial charge in [0.25, 0.3) is 0 Å². The molecule has 1 saturated carbocycles. The second-order valence-corrected chi connectivity index (χ2v) is 3.63. The molecule has 0 N–H and O–H groups in total. The summed E-state index contributed by atoms with van der Waals surface area (Å²) in [5.74, 6) is 0.303. The summed E-state index contributed by atoms with van der Waals surface area (Å²) in [4.78, 5) is 2.00. The number of fused-ring (bicyclic) bond motifs is 1. The Labute approximate surface area is 72.7 Å². The summed E-state index contributed by atoms with van der Waals surface area (Å²) in [6, 6.07) is 0. The molecule has 0 aromatic rings. The lowest BCUT2D eigenvalue weighted by Crippen LogP contribution is -2.24. The molecule has 0 amide bonds. The Morgan fingerprint density at radius 2 is 2.00 bits per heavy atom. The lowest BCUT2D eigenvalue weighted by molar-refractivity contribution is 0.0560. The Bertz CT molecular complexity index is 161. The van der Waals surface area contributed by atoms with Crippen LogP contribution in [-0.4, -0.2) is 31.5 Å². The van der Waals surface area contributed by atoms with Crippen molar-refractivity contribution in [3.05, 3.63) is 0 Å². The standard InChI is InChI=1S/C7H11F2N.C2H6/c1-10-3-5-2-7(5,4-10)6(8)9;1-2/h5-6H,2-4H2,1H3;1-2H3. The highest BCUT2D eigenvalue weighted by molar-refractivity contribution is 5.11. The van der Waals surface area contributed by atoms with E-state index in [0.717, 1.165) is 13.0 Å². The molecule has 2 fully saturated rings. The Hall–Kier alpha value is -0.180. The molecule has 0 radical (unpaired) electrons. The van der Waals surface area contributed by atoms with E-state index in [9.17, 15) is 8.78 Å². The second-order valence-electron chi connectivity index (χ2n) is 3.63. The normalized spacial score (nSPS) is 39.0. The Morgan fingerprint density at radius 3 is 2.25 bits per heavy atom. The number of piperidine rings is 1. The molecule has 1 nitrogen and oxygen atoms in total. The van der Waals surface area contributed by atoms with E-state index in [2.05, 4.69) is 0 Å². The monoisotopic (exact) mass is 177 g/mol. The van der Waals surface area contributed by atoms with Crippen LogP contribution in [0.3, 0.4) is 0 Å². The first kappa shape index (κ1) is 9.90. The van der Waals surface area contributed by atoms with Gasteiger partial charge >= 0.3 is 0 Å². The summed E-state index contributed by atoms with van der Waals surface area (Å²) in [7, 11) is 1.91. The van der Waals surface area contributed by atoms with E-state index >= 15 is 0 Å². The quantitative estimate of drug-likeness (QED) is 0.593. The van der Waals surface area contributed by atoms with Gasteiger partial charge in [-0.25, -0.2) is 8.78 Å². The zero-order chi connectivity index (χ0) is 9.35. The molecule has 2 atom stereocenters. The highest BCUT2D eigenvalue weighted by Gasteiger charge is 2.64. The maximum Gasteiger partial charge on any atom is 0.245 e. The molecule has 1 aliphatic carbocycles. The van der Waals surface area contributed by atoms with Gasteiger partial charge in [0, 0.05) is 18.5 Å². The van der Waals surface area contributed by atoms with Crippen LogP contribution in [0.25, 0.3) is 0 Å². The average Bonchev–Trinajstić information content (AvgIpc) is 2.60. The molecule has 1 heterocycles. The van der Waals surface area contributed by atoms with Gasteiger partial charge in [-0.2, -0.15) is 0 Å². The van der Waals surface area contributed by atoms with Crippen LogP contribution >= 0.6 is 0 Å². The fourth-order valence-electron chi connectivity index (χ4n) is 2.12. The minimum atomic E-state index is -2.09. The zero-order valence-corrected chi connectivity index (χ0v) is 7.98. The Balaban J connectivity index is 0.000000336. The van der Waals surface area contributed by atoms with E-state index in [4.69, 9.17) is 0 Å². The van der Waals surface area contributed by atoms with Crippen LogP contribution in [0.15, 0.2) is 0 Å². The largest absolute Gasteiger partial charge is 0.305 e. The molecule has 12 heavy (non-hydrogen) atoms. The van der Waals surface area contributed by atoms with Crippen LogP contribution in [0.1, 0.15) is 20.3 Å². The van der Waals surface area contributed by atoms with Gasteiger partial charge in [-0.05, 0) is 19.4 Å². The number of rotatable bonds is 1. The van der Waals surface area contributed by atoms with E-state index in [1.807, 2.05) is 25.8 Å². The topological polar surface area (TPSA) is 3.24 Å². The first-order valence-electron chi connectivity index (χ1n) is 4.62. The maximum atomic E-state index is 12.3. The fourth-order valence-corrected chi connectivity index (χ4v) is 2.12. The summed E-state index contributed by atoms with van der Waals surface area (Å²) in [6.07, 6.45) is -1.34. The number of hydrogen-bond donors (Lipinski definition) is 0. The van der Waals surface area contributed by atoms with Crippen molar-refractivity contribution >= 4 is 0 Å². The SMILES string of the molecule is CC.CN1CC2CC2(C(F)F)C1. The van der Waals surface area contributed by atoms with Gasteiger partial charge < -0.3 is 4.90 Å². The third kappa shape index (κ3) is 1.35. The third-order valence-corrected chi connectivity index (χ3v) is 2.81. The predicted octanol–water partition coefficient (Wildman–Crippen LogP) is 2.23. The van der Waals surface area contributed by atoms with Gasteiger partial charge in [-0.3, -0.25) is 0 Å². The average molecular weight is 177 g/mol. The molecule has 0 aromatic carbocycles. The smallest absolute Gasteiger partial charge is 0.245 e. The van der Waals surface area contributed by atoms with Crippen molar-refractivity contribution < 1.29 is 8.78 Å². The molecule has 72 valence electrons. The van der Waals surface area contributed by atoms with Gasteiger partial charge in [0.2, 0.25) is 6.43 Å². The third-order valence-electron chi connectivity index (χ3n) is 2.81. The molecule has 2 rings (SSSR count). The minimum Gasteiger partial charge on any atom is -0.305 e. The lowest BCUT2D eigenvalue weighted by Gasteiger charge is -2.14. The van der Waals surface area contributed by atoms with Crippen molar-refractivity contribution in [2.75, 3.05) is 20.1 Å².